The van der Waals surface area contributed by atoms with E-state index in [4.69, 9.17) is 8.83 Å². The molecule has 3 heterocycles. The number of benzene rings is 12. The monoisotopic (exact) mass is 907 g/mol. The first-order valence-electron chi connectivity index (χ1n) is 24.2. The fourth-order valence-corrected chi connectivity index (χ4v) is 11.5. The van der Waals surface area contributed by atoms with Crippen LogP contribution >= 0.6 is 0 Å². The molecule has 0 atom stereocenters. The summed E-state index contributed by atoms with van der Waals surface area (Å²) in [6.07, 6.45) is 0. The first-order chi connectivity index (χ1) is 35.3. The van der Waals surface area contributed by atoms with E-state index < -0.39 is 0 Å². The van der Waals surface area contributed by atoms with Gasteiger partial charge in [0.25, 0.3) is 0 Å². The summed E-state index contributed by atoms with van der Waals surface area (Å²) in [5.41, 5.74) is 12.5. The van der Waals surface area contributed by atoms with Crippen molar-refractivity contribution in [1.29, 1.82) is 0 Å². The van der Waals surface area contributed by atoms with Gasteiger partial charge in [0.1, 0.15) is 22.3 Å². The second-order valence-corrected chi connectivity index (χ2v) is 18.4. The lowest BCUT2D eigenvalue weighted by Gasteiger charge is -2.28. The van der Waals surface area contributed by atoms with Crippen molar-refractivity contribution in [2.75, 3.05) is 9.80 Å². The second kappa shape index (κ2) is 15.5. The molecule has 0 saturated carbocycles. The van der Waals surface area contributed by atoms with E-state index in [-0.39, 0.29) is 0 Å². The maximum absolute atomic E-state index is 7.36. The minimum atomic E-state index is 0.798. The highest BCUT2D eigenvalue weighted by Gasteiger charge is 2.31. The van der Waals surface area contributed by atoms with E-state index in [1.54, 1.807) is 0 Å². The quantitative estimate of drug-likeness (QED) is 0.160. The van der Waals surface area contributed by atoms with Gasteiger partial charge in [0.05, 0.1) is 61.0 Å². The number of fused-ring (bicyclic) bond motifs is 14. The van der Waals surface area contributed by atoms with E-state index in [0.717, 1.165) is 127 Å². The summed E-state index contributed by atoms with van der Waals surface area (Å²) < 4.78 is 17.2. The number of furan rings is 2. The summed E-state index contributed by atoms with van der Waals surface area (Å²) in [5.74, 6) is 0. The van der Waals surface area contributed by atoms with Crippen LogP contribution in [0.15, 0.2) is 258 Å². The van der Waals surface area contributed by atoms with Crippen LogP contribution in [0, 0.1) is 0 Å². The average Bonchev–Trinajstić information content (AvgIpc) is 4.12. The standard InChI is InChI=1S/C66H41N3O2/c1-3-26-45(27-4-1)67(52-35-17-23-42-20-7-10-30-47(42)52)55-40-57-63(65-61(55)50-33-13-15-38-59(50)70-65)64-58(69(57)54-37-19-25-44-22-9-12-32-49(44)54)41-56(62-51-34-14-16-39-60(51)71-66(62)64)68(46-28-5-2-6-29-46)53-36-18-24-43-21-8-11-31-48(43)53/h1-41H. The van der Waals surface area contributed by atoms with Crippen LogP contribution in [0.4, 0.5) is 34.1 Å². The van der Waals surface area contributed by atoms with Crippen molar-refractivity contribution in [3.05, 3.63) is 249 Å². The molecular weight excluding hydrogens is 867 g/mol. The number of anilines is 6. The van der Waals surface area contributed by atoms with Crippen molar-refractivity contribution in [3.63, 3.8) is 0 Å². The summed E-state index contributed by atoms with van der Waals surface area (Å²) in [6.45, 7) is 0. The normalized spacial score (nSPS) is 11.9. The van der Waals surface area contributed by atoms with Crippen molar-refractivity contribution in [3.8, 4) is 5.69 Å². The Hall–Kier alpha value is -9.58. The van der Waals surface area contributed by atoms with Gasteiger partial charge in [-0.25, -0.2) is 0 Å². The van der Waals surface area contributed by atoms with Crippen LogP contribution in [0.1, 0.15) is 0 Å². The van der Waals surface area contributed by atoms with E-state index in [0.29, 0.717) is 0 Å². The predicted octanol–water partition coefficient (Wildman–Crippen LogP) is 19.0. The van der Waals surface area contributed by atoms with E-state index in [9.17, 15) is 0 Å². The molecule has 0 unspecified atom stereocenters. The van der Waals surface area contributed by atoms with Crippen molar-refractivity contribution in [2.45, 2.75) is 0 Å². The molecule has 12 aromatic carbocycles. The van der Waals surface area contributed by atoms with Gasteiger partial charge in [-0.2, -0.15) is 0 Å². The molecule has 5 heteroatoms. The molecule has 5 nitrogen and oxygen atoms in total. The van der Waals surface area contributed by atoms with Gasteiger partial charge >= 0.3 is 0 Å². The zero-order valence-electron chi connectivity index (χ0n) is 38.3. The zero-order valence-corrected chi connectivity index (χ0v) is 38.3. The lowest BCUT2D eigenvalue weighted by molar-refractivity contribution is 0.670. The Balaban J connectivity index is 1.19. The molecule has 0 amide bonds. The van der Waals surface area contributed by atoms with Gasteiger partial charge in [0, 0.05) is 38.3 Å². The number of rotatable bonds is 7. The first-order valence-corrected chi connectivity index (χ1v) is 24.2. The first kappa shape index (κ1) is 39.4. The Labute approximate surface area is 407 Å². The number of hydrogen-bond acceptors (Lipinski definition) is 4. The van der Waals surface area contributed by atoms with Crippen LogP contribution in [0.3, 0.4) is 0 Å². The van der Waals surface area contributed by atoms with Crippen LogP contribution in [0.2, 0.25) is 0 Å². The van der Waals surface area contributed by atoms with Gasteiger partial charge < -0.3 is 23.2 Å². The third kappa shape index (κ3) is 5.87. The summed E-state index contributed by atoms with van der Waals surface area (Å²) >= 11 is 0. The van der Waals surface area contributed by atoms with E-state index in [1.165, 1.54) is 10.8 Å². The molecule has 0 radical (unpaired) electrons. The highest BCUT2D eigenvalue weighted by Crippen LogP contribution is 2.54. The highest BCUT2D eigenvalue weighted by molar-refractivity contribution is 6.35. The van der Waals surface area contributed by atoms with Crippen LogP contribution in [-0.4, -0.2) is 4.57 Å². The second-order valence-electron chi connectivity index (χ2n) is 18.4. The molecule has 15 aromatic rings. The smallest absolute Gasteiger partial charge is 0.147 e. The lowest BCUT2D eigenvalue weighted by Crippen LogP contribution is -2.11. The number of hydrogen-bond donors (Lipinski definition) is 0. The highest BCUT2D eigenvalue weighted by atomic mass is 16.3. The fraction of sp³-hybridized carbons (Fsp3) is 0. The van der Waals surface area contributed by atoms with E-state index in [2.05, 4.69) is 263 Å². The summed E-state index contributed by atoms with van der Waals surface area (Å²) in [5, 5.41) is 13.0. The summed E-state index contributed by atoms with van der Waals surface area (Å²) in [4.78, 5) is 4.86. The maximum atomic E-state index is 7.36. The number of nitrogens with zero attached hydrogens (tertiary/aromatic N) is 3. The predicted molar refractivity (Wildman–Crippen MR) is 297 cm³/mol. The van der Waals surface area contributed by atoms with Crippen LogP contribution in [0.5, 0.6) is 0 Å². The Morgan fingerprint density at radius 1 is 0.282 bits per heavy atom. The third-order valence-corrected chi connectivity index (χ3v) is 14.5. The Bertz CT molecular complexity index is 4330. The molecule has 0 fully saturated rings. The number of para-hydroxylation sites is 4. The van der Waals surface area contributed by atoms with Crippen molar-refractivity contribution in [2.24, 2.45) is 0 Å². The van der Waals surface area contributed by atoms with Gasteiger partial charge in [0.15, 0.2) is 0 Å². The van der Waals surface area contributed by atoms with E-state index >= 15 is 0 Å². The fourth-order valence-electron chi connectivity index (χ4n) is 11.5. The molecule has 71 heavy (non-hydrogen) atoms. The molecule has 0 saturated heterocycles. The summed E-state index contributed by atoms with van der Waals surface area (Å²) in [6, 6.07) is 89.1. The molecule has 3 aromatic heterocycles. The van der Waals surface area contributed by atoms with Crippen LogP contribution in [0.25, 0.3) is 104 Å². The van der Waals surface area contributed by atoms with Crippen molar-refractivity contribution < 1.29 is 8.83 Å². The molecular formula is C66H41N3O2. The largest absolute Gasteiger partial charge is 0.455 e. The Morgan fingerprint density at radius 3 is 1.13 bits per heavy atom. The van der Waals surface area contributed by atoms with Crippen molar-refractivity contribution in [1.82, 2.24) is 4.57 Å². The minimum Gasteiger partial charge on any atom is -0.455 e. The van der Waals surface area contributed by atoms with Crippen molar-refractivity contribution >= 4 is 132 Å². The molecule has 0 bridgehead atoms. The average molecular weight is 908 g/mol. The Morgan fingerprint density at radius 2 is 0.648 bits per heavy atom. The van der Waals surface area contributed by atoms with E-state index in [1.807, 2.05) is 0 Å². The van der Waals surface area contributed by atoms with Crippen LogP contribution in [-0.2, 0) is 0 Å². The van der Waals surface area contributed by atoms with Crippen LogP contribution < -0.4 is 9.80 Å². The SMILES string of the molecule is c1ccc(N(c2cccc3ccccc23)c2cc3c(c4oc5ccccc5c24)c2c4oc5ccccc5c4c(N(c4ccccc4)c4cccc5ccccc45)cc2n3-c2cccc3ccccc23)cc1. The zero-order chi connectivity index (χ0) is 46.6. The van der Waals surface area contributed by atoms with Gasteiger partial charge in [-0.3, -0.25) is 0 Å². The Kier molecular flexibility index (Phi) is 8.59. The molecule has 0 aliphatic carbocycles. The summed E-state index contributed by atoms with van der Waals surface area (Å²) in [7, 11) is 0. The minimum absolute atomic E-state index is 0.798. The molecule has 0 aliphatic rings. The maximum Gasteiger partial charge on any atom is 0.147 e. The molecule has 15 rings (SSSR count). The number of aromatic nitrogens is 1. The van der Waals surface area contributed by atoms with Gasteiger partial charge in [-0.1, -0.05) is 182 Å². The lowest BCUT2D eigenvalue weighted by atomic mass is 10.00. The van der Waals surface area contributed by atoms with Gasteiger partial charge in [-0.05, 0) is 82.9 Å². The third-order valence-electron chi connectivity index (χ3n) is 14.5. The van der Waals surface area contributed by atoms with Gasteiger partial charge in [0.2, 0.25) is 0 Å². The topological polar surface area (TPSA) is 37.7 Å². The molecule has 0 N–H and O–H groups in total. The molecule has 0 spiro atoms. The molecule has 0 aliphatic heterocycles. The van der Waals surface area contributed by atoms with Gasteiger partial charge in [-0.15, -0.1) is 0 Å². The molecule has 332 valence electrons.